The van der Waals surface area contributed by atoms with Crippen LogP contribution in [0.2, 0.25) is 10.0 Å². The van der Waals surface area contributed by atoms with E-state index >= 15 is 0 Å². The summed E-state index contributed by atoms with van der Waals surface area (Å²) in [5.74, 6) is -2.45. The van der Waals surface area contributed by atoms with E-state index in [-0.39, 0.29) is 10.6 Å². The van der Waals surface area contributed by atoms with Crippen molar-refractivity contribution < 1.29 is 28.7 Å². The van der Waals surface area contributed by atoms with Crippen molar-refractivity contribution in [1.29, 1.82) is 0 Å². The molecule has 1 aromatic carbocycles. The summed E-state index contributed by atoms with van der Waals surface area (Å²) < 4.78 is 4.78. The summed E-state index contributed by atoms with van der Waals surface area (Å²) in [6, 6.07) is 3.53. The van der Waals surface area contributed by atoms with Gasteiger partial charge >= 0.3 is 12.0 Å². The van der Waals surface area contributed by atoms with E-state index in [0.29, 0.717) is 28.8 Å². The third kappa shape index (κ3) is 5.31. The van der Waals surface area contributed by atoms with Gasteiger partial charge in [-0.15, -0.1) is 0 Å². The van der Waals surface area contributed by atoms with E-state index in [2.05, 4.69) is 23.0 Å². The van der Waals surface area contributed by atoms with Gasteiger partial charge in [-0.2, -0.15) is 5.01 Å². The molecule has 32 heavy (non-hydrogen) atoms. The van der Waals surface area contributed by atoms with Crippen molar-refractivity contribution in [1.82, 2.24) is 21.1 Å². The molecular formula is C20H22Cl2N4O6. The lowest BCUT2D eigenvalue weighted by Crippen LogP contribution is -2.52. The molecule has 1 saturated carbocycles. The number of imide groups is 1. The van der Waals surface area contributed by atoms with Crippen LogP contribution < -0.4 is 16.1 Å². The van der Waals surface area contributed by atoms with Crippen molar-refractivity contribution in [3.8, 4) is 0 Å². The highest BCUT2D eigenvalue weighted by molar-refractivity contribution is 6.36. The molecule has 5 amide bonds. The van der Waals surface area contributed by atoms with Crippen molar-refractivity contribution in [3.63, 3.8) is 0 Å². The quantitative estimate of drug-likeness (QED) is 0.416. The number of esters is 1. The fourth-order valence-electron chi connectivity index (χ4n) is 3.59. The number of hydrogen-bond acceptors (Lipinski definition) is 6. The van der Waals surface area contributed by atoms with Gasteiger partial charge in [-0.25, -0.2) is 4.79 Å². The second-order valence-electron chi connectivity index (χ2n) is 7.84. The first-order valence-corrected chi connectivity index (χ1v) is 10.7. The summed E-state index contributed by atoms with van der Waals surface area (Å²) in [6.07, 6.45) is 2.58. The minimum absolute atomic E-state index is 0.112. The lowest BCUT2D eigenvalue weighted by molar-refractivity contribution is -0.150. The molecule has 0 unspecified atom stereocenters. The van der Waals surface area contributed by atoms with E-state index in [4.69, 9.17) is 27.9 Å². The Balaban J connectivity index is 1.44. The van der Waals surface area contributed by atoms with Crippen LogP contribution in [-0.4, -0.2) is 53.4 Å². The second-order valence-corrected chi connectivity index (χ2v) is 8.68. The van der Waals surface area contributed by atoms with Gasteiger partial charge in [-0.1, -0.05) is 30.1 Å². The molecule has 3 rings (SSSR count). The highest BCUT2D eigenvalue weighted by Gasteiger charge is 2.52. The van der Waals surface area contributed by atoms with Gasteiger partial charge in [-0.05, 0) is 49.8 Å². The van der Waals surface area contributed by atoms with E-state index in [0.717, 1.165) is 12.8 Å². The second kappa shape index (κ2) is 9.74. The molecule has 1 spiro atoms. The summed E-state index contributed by atoms with van der Waals surface area (Å²) in [4.78, 5) is 60.8. The standard InChI is InChI=1S/C20H22Cl2N4O6/c1-11-4-6-20(7-5-11)18(30)26(19(31)24-20)25-15(27)10-32-16(28)9-23-17(29)13-3-2-12(21)8-14(13)22/h2-3,8,11H,4-7,9-10H2,1H3,(H,23,29)(H,24,31)(H,25,27). The van der Waals surface area contributed by atoms with Gasteiger partial charge in [0.15, 0.2) is 6.61 Å². The summed E-state index contributed by atoms with van der Waals surface area (Å²) in [6.45, 7) is 0.821. The molecule has 0 bridgehead atoms. The number of amides is 5. The number of hydrogen-bond donors (Lipinski definition) is 3. The predicted octanol–water partition coefficient (Wildman–Crippen LogP) is 1.80. The highest BCUT2D eigenvalue weighted by Crippen LogP contribution is 2.35. The maximum Gasteiger partial charge on any atom is 0.344 e. The number of urea groups is 1. The summed E-state index contributed by atoms with van der Waals surface area (Å²) >= 11 is 11.7. The zero-order chi connectivity index (χ0) is 23.5. The Bertz CT molecular complexity index is 961. The Morgan fingerprint density at radius 2 is 1.91 bits per heavy atom. The number of nitrogens with one attached hydrogen (secondary N) is 3. The smallest absolute Gasteiger partial charge is 0.344 e. The van der Waals surface area contributed by atoms with E-state index in [1.165, 1.54) is 18.2 Å². The number of halogens is 2. The van der Waals surface area contributed by atoms with Crippen LogP contribution in [0.4, 0.5) is 4.79 Å². The topological polar surface area (TPSA) is 134 Å². The molecular weight excluding hydrogens is 463 g/mol. The van der Waals surface area contributed by atoms with E-state index in [9.17, 15) is 24.0 Å². The monoisotopic (exact) mass is 484 g/mol. The van der Waals surface area contributed by atoms with E-state index < -0.39 is 48.4 Å². The van der Waals surface area contributed by atoms with Gasteiger partial charge in [0.2, 0.25) is 0 Å². The molecule has 1 aliphatic carbocycles. The van der Waals surface area contributed by atoms with Crippen LogP contribution in [0.5, 0.6) is 0 Å². The van der Waals surface area contributed by atoms with E-state index in [1.807, 2.05) is 0 Å². The SMILES string of the molecule is CC1CCC2(CC1)NC(=O)N(NC(=O)COC(=O)CNC(=O)c1ccc(Cl)cc1Cl)C2=O. The van der Waals surface area contributed by atoms with Gasteiger partial charge in [0.1, 0.15) is 12.1 Å². The number of hydrazine groups is 1. The van der Waals surface area contributed by atoms with Gasteiger partial charge in [0, 0.05) is 5.02 Å². The molecule has 3 N–H and O–H groups in total. The lowest BCUT2D eigenvalue weighted by atomic mass is 9.77. The third-order valence-electron chi connectivity index (χ3n) is 5.46. The Morgan fingerprint density at radius 3 is 2.56 bits per heavy atom. The molecule has 172 valence electrons. The Kier molecular flexibility index (Phi) is 7.25. The van der Waals surface area contributed by atoms with Crippen LogP contribution >= 0.6 is 23.2 Å². The zero-order valence-electron chi connectivity index (χ0n) is 17.2. The maximum absolute atomic E-state index is 12.7. The average molecular weight is 485 g/mol. The van der Waals surface area contributed by atoms with Crippen molar-refractivity contribution in [2.45, 2.75) is 38.1 Å². The van der Waals surface area contributed by atoms with Crippen LogP contribution in [0, 0.1) is 5.92 Å². The first-order valence-electron chi connectivity index (χ1n) is 9.96. The maximum atomic E-state index is 12.7. The van der Waals surface area contributed by atoms with Gasteiger partial charge < -0.3 is 15.4 Å². The minimum Gasteiger partial charge on any atom is -0.454 e. The summed E-state index contributed by atoms with van der Waals surface area (Å²) in [5.41, 5.74) is 1.28. The van der Waals surface area contributed by atoms with Crippen molar-refractivity contribution in [3.05, 3.63) is 33.8 Å². The van der Waals surface area contributed by atoms with Crippen LogP contribution in [-0.2, 0) is 19.1 Å². The molecule has 2 aliphatic rings. The van der Waals surface area contributed by atoms with Crippen molar-refractivity contribution in [2.75, 3.05) is 13.2 Å². The molecule has 1 aliphatic heterocycles. The molecule has 12 heteroatoms. The van der Waals surface area contributed by atoms with E-state index in [1.54, 1.807) is 0 Å². The average Bonchev–Trinajstić information content (AvgIpc) is 2.97. The van der Waals surface area contributed by atoms with Gasteiger partial charge in [-0.3, -0.25) is 24.6 Å². The molecule has 1 saturated heterocycles. The fourth-order valence-corrected chi connectivity index (χ4v) is 4.09. The molecule has 2 fully saturated rings. The zero-order valence-corrected chi connectivity index (χ0v) is 18.7. The highest BCUT2D eigenvalue weighted by atomic mass is 35.5. The lowest BCUT2D eigenvalue weighted by Gasteiger charge is -2.33. The Hall–Kier alpha value is -2.85. The van der Waals surface area contributed by atoms with Gasteiger partial charge in [0.25, 0.3) is 17.7 Å². The number of benzene rings is 1. The Morgan fingerprint density at radius 1 is 1.22 bits per heavy atom. The fraction of sp³-hybridized carbons (Fsp3) is 0.450. The third-order valence-corrected chi connectivity index (χ3v) is 6.01. The molecule has 0 aromatic heterocycles. The summed E-state index contributed by atoms with van der Waals surface area (Å²) in [7, 11) is 0. The minimum atomic E-state index is -0.999. The molecule has 10 nitrogen and oxygen atoms in total. The predicted molar refractivity (Wildman–Crippen MR) is 114 cm³/mol. The number of rotatable bonds is 6. The molecule has 1 aromatic rings. The number of nitrogens with zero attached hydrogens (tertiary/aromatic N) is 1. The first-order chi connectivity index (χ1) is 15.1. The summed E-state index contributed by atoms with van der Waals surface area (Å²) in [5, 5.41) is 6.06. The van der Waals surface area contributed by atoms with Crippen LogP contribution in [0.1, 0.15) is 43.0 Å². The molecule has 1 heterocycles. The van der Waals surface area contributed by atoms with Crippen LogP contribution in [0.25, 0.3) is 0 Å². The van der Waals surface area contributed by atoms with Crippen LogP contribution in [0.3, 0.4) is 0 Å². The van der Waals surface area contributed by atoms with Crippen LogP contribution in [0.15, 0.2) is 18.2 Å². The first kappa shape index (κ1) is 23.8. The van der Waals surface area contributed by atoms with Crippen molar-refractivity contribution in [2.24, 2.45) is 5.92 Å². The largest absolute Gasteiger partial charge is 0.454 e. The number of carbonyl (C=O) groups is 5. The van der Waals surface area contributed by atoms with Crippen molar-refractivity contribution >= 4 is 52.9 Å². The Labute approximate surface area is 193 Å². The molecule has 0 atom stereocenters. The van der Waals surface area contributed by atoms with Gasteiger partial charge in [0.05, 0.1) is 10.6 Å². The number of ether oxygens (including phenoxy) is 1. The molecule has 0 radical (unpaired) electrons. The normalized spacial score (nSPS) is 22.5. The number of carbonyl (C=O) groups excluding carboxylic acids is 5.